The summed E-state index contributed by atoms with van der Waals surface area (Å²) >= 11 is 1.69. The van der Waals surface area contributed by atoms with Crippen LogP contribution in [0.15, 0.2) is 18.6 Å². The van der Waals surface area contributed by atoms with Crippen LogP contribution in [0.1, 0.15) is 51.8 Å². The van der Waals surface area contributed by atoms with Crippen LogP contribution in [0.25, 0.3) is 27.6 Å². The van der Waals surface area contributed by atoms with Crippen molar-refractivity contribution >= 4 is 36.2 Å². The molecule has 47 heavy (non-hydrogen) atoms. The van der Waals surface area contributed by atoms with E-state index in [1.807, 2.05) is 42.6 Å². The molecular weight excluding hydrogens is 633 g/mol. The van der Waals surface area contributed by atoms with Crippen molar-refractivity contribution < 1.29 is 19.0 Å². The topological polar surface area (TPSA) is 112 Å². The number of pyridine rings is 1. The second-order valence-electron chi connectivity index (χ2n) is 15.5. The van der Waals surface area contributed by atoms with Gasteiger partial charge in [0, 0.05) is 63.6 Å². The number of amides is 1. The van der Waals surface area contributed by atoms with E-state index in [4.69, 9.17) is 24.3 Å². The Morgan fingerprint density at radius 1 is 1.15 bits per heavy atom. The van der Waals surface area contributed by atoms with Gasteiger partial charge in [-0.2, -0.15) is 10.2 Å². The molecule has 2 fully saturated rings. The standard InChI is InChI=1S/C33H48N8O4SSi/c1-21(2)25-26(29-36-22(3)30(46-29)38-15-33(16-38)17-39(18-33)31(42)45-32(4,5)6)37-41(20-44-11-12-47(8,9)10)27(25)23-13-24(43-7)28-34-19-35-40(28)14-23/h13-14,19,21H,11-12,15-18,20H2,1-10H3. The van der Waals surface area contributed by atoms with Crippen LogP contribution < -0.4 is 9.64 Å². The number of ether oxygens (including phenoxy) is 3. The third kappa shape index (κ3) is 6.77. The summed E-state index contributed by atoms with van der Waals surface area (Å²) in [4.78, 5) is 26.2. The fourth-order valence-corrected chi connectivity index (χ4v) is 8.21. The number of anilines is 1. The Bertz CT molecular complexity index is 1770. The lowest BCUT2D eigenvalue weighted by atomic mass is 9.73. The molecule has 0 atom stereocenters. The average Bonchev–Trinajstić information content (AvgIpc) is 3.64. The summed E-state index contributed by atoms with van der Waals surface area (Å²) in [6, 6.07) is 3.08. The molecule has 254 valence electrons. The van der Waals surface area contributed by atoms with Crippen molar-refractivity contribution in [2.45, 2.75) is 85.5 Å². The molecule has 4 aromatic heterocycles. The van der Waals surface area contributed by atoms with Crippen LogP contribution in [-0.2, 0) is 16.2 Å². The van der Waals surface area contributed by atoms with Crippen molar-refractivity contribution in [3.8, 4) is 27.7 Å². The zero-order chi connectivity index (χ0) is 33.9. The predicted octanol–water partition coefficient (Wildman–Crippen LogP) is 6.53. The van der Waals surface area contributed by atoms with Gasteiger partial charge in [0.15, 0.2) is 11.4 Å². The van der Waals surface area contributed by atoms with Crippen LogP contribution in [0.5, 0.6) is 5.75 Å². The van der Waals surface area contributed by atoms with Crippen LogP contribution >= 0.6 is 11.3 Å². The number of carbonyl (C=O) groups excluding carboxylic acids is 1. The fraction of sp³-hybridized carbons (Fsp3) is 0.606. The highest BCUT2D eigenvalue weighted by atomic mass is 32.1. The normalized spacial score (nSPS) is 16.2. The number of aromatic nitrogens is 6. The van der Waals surface area contributed by atoms with Crippen molar-refractivity contribution in [3.05, 3.63) is 29.8 Å². The quantitative estimate of drug-likeness (QED) is 0.136. The lowest BCUT2D eigenvalue weighted by molar-refractivity contribution is -0.0451. The summed E-state index contributed by atoms with van der Waals surface area (Å²) < 4.78 is 21.3. The summed E-state index contributed by atoms with van der Waals surface area (Å²) in [5.41, 5.74) is 5.15. The molecule has 14 heteroatoms. The zero-order valence-electron chi connectivity index (χ0n) is 29.4. The smallest absolute Gasteiger partial charge is 0.410 e. The maximum atomic E-state index is 12.5. The first-order valence-electron chi connectivity index (χ1n) is 16.3. The number of rotatable bonds is 10. The number of likely N-dealkylation sites (tertiary alicyclic amines) is 1. The number of carbonyl (C=O) groups is 1. The Hall–Kier alpha value is -3.49. The summed E-state index contributed by atoms with van der Waals surface area (Å²) in [6.07, 6.45) is 3.29. The first kappa shape index (κ1) is 33.4. The summed E-state index contributed by atoms with van der Waals surface area (Å²) in [5.74, 6) is 0.797. The first-order chi connectivity index (χ1) is 22.1. The van der Waals surface area contributed by atoms with Crippen molar-refractivity contribution in [2.24, 2.45) is 5.41 Å². The Labute approximate surface area is 282 Å². The molecule has 0 N–H and O–H groups in total. The van der Waals surface area contributed by atoms with Crippen LogP contribution in [-0.4, -0.2) is 93.9 Å². The van der Waals surface area contributed by atoms with E-state index >= 15 is 0 Å². The van der Waals surface area contributed by atoms with Gasteiger partial charge in [-0.1, -0.05) is 44.8 Å². The number of thiazole rings is 1. The van der Waals surface area contributed by atoms with Gasteiger partial charge in [0.05, 0.1) is 18.5 Å². The van der Waals surface area contributed by atoms with Crippen LogP contribution in [0.3, 0.4) is 0 Å². The van der Waals surface area contributed by atoms with E-state index in [-0.39, 0.29) is 17.4 Å². The molecule has 6 rings (SSSR count). The van der Waals surface area contributed by atoms with Gasteiger partial charge in [-0.15, -0.1) is 0 Å². The Balaban J connectivity index is 1.30. The van der Waals surface area contributed by atoms with Crippen LogP contribution in [0.2, 0.25) is 25.7 Å². The van der Waals surface area contributed by atoms with E-state index < -0.39 is 13.7 Å². The van der Waals surface area contributed by atoms with E-state index in [1.165, 1.54) is 6.33 Å². The molecule has 2 aliphatic rings. The largest absolute Gasteiger partial charge is 0.493 e. The van der Waals surface area contributed by atoms with Gasteiger partial charge >= 0.3 is 6.09 Å². The molecule has 12 nitrogen and oxygen atoms in total. The molecule has 2 aliphatic heterocycles. The molecule has 1 spiro atoms. The first-order valence-corrected chi connectivity index (χ1v) is 20.9. The molecule has 0 bridgehead atoms. The Morgan fingerprint density at radius 3 is 2.51 bits per heavy atom. The highest BCUT2D eigenvalue weighted by Crippen LogP contribution is 2.47. The summed E-state index contributed by atoms with van der Waals surface area (Å²) in [5, 5.41) is 11.7. The fourth-order valence-electron chi connectivity index (χ4n) is 6.39. The van der Waals surface area contributed by atoms with Crippen molar-refractivity contribution in [3.63, 3.8) is 0 Å². The number of methoxy groups -OCH3 is 1. The molecule has 0 saturated carbocycles. The van der Waals surface area contributed by atoms with Gasteiger partial charge < -0.3 is 24.0 Å². The minimum atomic E-state index is -1.25. The van der Waals surface area contributed by atoms with E-state index in [0.29, 0.717) is 24.7 Å². The third-order valence-electron chi connectivity index (χ3n) is 8.63. The molecule has 0 radical (unpaired) electrons. The van der Waals surface area contributed by atoms with Gasteiger partial charge in [0.2, 0.25) is 0 Å². The van der Waals surface area contributed by atoms with Gasteiger partial charge in [0.1, 0.15) is 34.4 Å². The highest BCUT2D eigenvalue weighted by molar-refractivity contribution is 7.19. The van der Waals surface area contributed by atoms with Crippen molar-refractivity contribution in [1.29, 1.82) is 0 Å². The molecule has 0 aliphatic carbocycles. The minimum Gasteiger partial charge on any atom is -0.493 e. The van der Waals surface area contributed by atoms with E-state index in [9.17, 15) is 4.79 Å². The van der Waals surface area contributed by atoms with Gasteiger partial charge in [-0.25, -0.2) is 24.0 Å². The SMILES string of the molecule is COc1cc(-c2c(C(C)C)c(-c3nc(C)c(N4CC5(CN(C(=O)OC(C)(C)C)C5)C4)s3)nn2COCC[Si](C)(C)C)cn2ncnc12. The molecule has 6 heterocycles. The minimum absolute atomic E-state index is 0.123. The number of fused-ring (bicyclic) bond motifs is 1. The van der Waals surface area contributed by atoms with Crippen LogP contribution in [0, 0.1) is 12.3 Å². The Morgan fingerprint density at radius 2 is 1.87 bits per heavy atom. The Kier molecular flexibility index (Phi) is 8.67. The van der Waals surface area contributed by atoms with E-state index in [1.54, 1.807) is 23.0 Å². The molecule has 4 aromatic rings. The second kappa shape index (κ2) is 12.2. The predicted molar refractivity (Wildman–Crippen MR) is 187 cm³/mol. The summed E-state index contributed by atoms with van der Waals surface area (Å²) in [6.45, 7) is 23.5. The van der Waals surface area contributed by atoms with E-state index in [0.717, 1.165) is 70.4 Å². The van der Waals surface area contributed by atoms with E-state index in [2.05, 4.69) is 55.4 Å². The maximum Gasteiger partial charge on any atom is 0.410 e. The monoisotopic (exact) mass is 680 g/mol. The molecule has 0 aromatic carbocycles. The molecule has 2 saturated heterocycles. The lowest BCUT2D eigenvalue weighted by Gasteiger charge is -2.60. The van der Waals surface area contributed by atoms with Gasteiger partial charge in [-0.3, -0.25) is 0 Å². The highest BCUT2D eigenvalue weighted by Gasteiger charge is 2.54. The number of hydrogen-bond donors (Lipinski definition) is 0. The molecule has 0 unspecified atom stereocenters. The third-order valence-corrected chi connectivity index (χ3v) is 11.6. The van der Waals surface area contributed by atoms with Crippen molar-refractivity contribution in [2.75, 3.05) is 44.8 Å². The lowest BCUT2D eigenvalue weighted by Crippen LogP contribution is -2.73. The summed E-state index contributed by atoms with van der Waals surface area (Å²) in [7, 11) is 0.397. The number of nitrogens with zero attached hydrogens (tertiary/aromatic N) is 8. The number of aryl methyl sites for hydroxylation is 1. The van der Waals surface area contributed by atoms with Crippen molar-refractivity contribution in [1.82, 2.24) is 34.3 Å². The molecule has 1 amide bonds. The average molecular weight is 681 g/mol. The zero-order valence-corrected chi connectivity index (χ0v) is 31.2. The van der Waals surface area contributed by atoms with Gasteiger partial charge in [0.25, 0.3) is 0 Å². The van der Waals surface area contributed by atoms with Gasteiger partial charge in [-0.05, 0) is 45.7 Å². The molecular formula is C33H48N8O4SSi. The second-order valence-corrected chi connectivity index (χ2v) is 22.1. The maximum absolute atomic E-state index is 12.5. The van der Waals surface area contributed by atoms with Crippen LogP contribution in [0.4, 0.5) is 9.80 Å². The number of hydrogen-bond acceptors (Lipinski definition) is 10.